The van der Waals surface area contributed by atoms with Crippen LogP contribution in [0.3, 0.4) is 0 Å². The zero-order valence-corrected chi connectivity index (χ0v) is 14.0. The normalized spacial score (nSPS) is 17.2. The molecular weight excluding hydrogens is 312 g/mol. The molecule has 1 aromatic carbocycles. The van der Waals surface area contributed by atoms with E-state index in [2.05, 4.69) is 16.2 Å². The van der Waals surface area contributed by atoms with E-state index in [1.165, 1.54) is 5.56 Å². The van der Waals surface area contributed by atoms with Crippen LogP contribution in [0.5, 0.6) is 0 Å². The molecule has 6 heteroatoms. The van der Waals surface area contributed by atoms with Crippen LogP contribution in [0.15, 0.2) is 42.7 Å². The number of para-hydroxylation sites is 1. The molecule has 0 radical (unpaired) electrons. The quantitative estimate of drug-likeness (QED) is 0.806. The van der Waals surface area contributed by atoms with E-state index in [1.54, 1.807) is 6.92 Å². The number of amides is 1. The summed E-state index contributed by atoms with van der Waals surface area (Å²) in [4.78, 5) is 16.1. The molecule has 1 amide bonds. The van der Waals surface area contributed by atoms with Gasteiger partial charge in [-0.3, -0.25) is 9.69 Å². The third-order valence-corrected chi connectivity index (χ3v) is 4.27. The van der Waals surface area contributed by atoms with Crippen LogP contribution in [0.25, 0.3) is 5.69 Å². The van der Waals surface area contributed by atoms with Gasteiger partial charge >= 0.3 is 0 Å². The number of halogens is 1. The van der Waals surface area contributed by atoms with Crippen LogP contribution in [-0.4, -0.2) is 57.0 Å². The zero-order chi connectivity index (χ0) is 16.2. The molecule has 1 aromatic heterocycles. The van der Waals surface area contributed by atoms with Crippen molar-refractivity contribution in [1.29, 1.82) is 0 Å². The molecule has 1 saturated heterocycles. The summed E-state index contributed by atoms with van der Waals surface area (Å²) >= 11 is 5.87. The van der Waals surface area contributed by atoms with E-state index in [-0.39, 0.29) is 5.91 Å². The Morgan fingerprint density at radius 1 is 1.22 bits per heavy atom. The second-order valence-corrected chi connectivity index (χ2v) is 6.50. The van der Waals surface area contributed by atoms with Gasteiger partial charge in [-0.15, -0.1) is 11.6 Å². The van der Waals surface area contributed by atoms with Gasteiger partial charge in [-0.05, 0) is 19.1 Å². The van der Waals surface area contributed by atoms with Crippen molar-refractivity contribution in [2.24, 2.45) is 0 Å². The Morgan fingerprint density at radius 3 is 2.57 bits per heavy atom. The van der Waals surface area contributed by atoms with Gasteiger partial charge < -0.3 is 4.90 Å². The predicted octanol–water partition coefficient (Wildman–Crippen LogP) is 2.14. The number of nitrogens with zero attached hydrogens (tertiary/aromatic N) is 4. The summed E-state index contributed by atoms with van der Waals surface area (Å²) in [6.45, 7) is 5.79. The summed E-state index contributed by atoms with van der Waals surface area (Å²) in [6, 6.07) is 10.1. The van der Waals surface area contributed by atoms with Gasteiger partial charge in [-0.1, -0.05) is 18.2 Å². The summed E-state index contributed by atoms with van der Waals surface area (Å²) in [5.41, 5.74) is 2.24. The summed E-state index contributed by atoms with van der Waals surface area (Å²) in [6.07, 6.45) is 3.97. The van der Waals surface area contributed by atoms with Gasteiger partial charge in [-0.2, -0.15) is 5.10 Å². The smallest absolute Gasteiger partial charge is 0.240 e. The molecule has 23 heavy (non-hydrogen) atoms. The largest absolute Gasteiger partial charge is 0.339 e. The highest BCUT2D eigenvalue weighted by Gasteiger charge is 2.23. The maximum Gasteiger partial charge on any atom is 0.240 e. The molecule has 0 bridgehead atoms. The van der Waals surface area contributed by atoms with E-state index in [0.29, 0.717) is 0 Å². The SMILES string of the molecule is CC(Cl)C(=O)N1CCN(Cc2cnn(-c3ccccc3)c2)CC1. The maximum atomic E-state index is 11.9. The number of alkyl halides is 1. The van der Waals surface area contributed by atoms with Crippen LogP contribution < -0.4 is 0 Å². The van der Waals surface area contributed by atoms with Crippen molar-refractivity contribution in [2.45, 2.75) is 18.8 Å². The van der Waals surface area contributed by atoms with E-state index in [1.807, 2.05) is 46.1 Å². The molecule has 2 aromatic rings. The Balaban J connectivity index is 1.55. The highest BCUT2D eigenvalue weighted by Crippen LogP contribution is 2.12. The lowest BCUT2D eigenvalue weighted by Gasteiger charge is -2.35. The summed E-state index contributed by atoms with van der Waals surface area (Å²) in [5.74, 6) is 0.0308. The molecule has 3 rings (SSSR count). The second kappa shape index (κ2) is 7.15. The minimum absolute atomic E-state index is 0.0308. The third-order valence-electron chi connectivity index (χ3n) is 4.09. The molecule has 1 aliphatic heterocycles. The van der Waals surface area contributed by atoms with Crippen LogP contribution in [0.4, 0.5) is 0 Å². The van der Waals surface area contributed by atoms with Crippen molar-refractivity contribution in [1.82, 2.24) is 19.6 Å². The fraction of sp³-hybridized carbons (Fsp3) is 0.412. The first-order valence-corrected chi connectivity index (χ1v) is 8.31. The van der Waals surface area contributed by atoms with Crippen molar-refractivity contribution in [2.75, 3.05) is 26.2 Å². The van der Waals surface area contributed by atoms with Gasteiger partial charge in [0, 0.05) is 44.5 Å². The Labute approximate surface area is 141 Å². The number of carbonyl (C=O) groups excluding carboxylic acids is 1. The first-order valence-electron chi connectivity index (χ1n) is 7.87. The molecule has 0 aliphatic carbocycles. The Hall–Kier alpha value is -1.85. The van der Waals surface area contributed by atoms with E-state index in [9.17, 15) is 4.79 Å². The van der Waals surface area contributed by atoms with Gasteiger partial charge in [0.2, 0.25) is 5.91 Å². The number of rotatable bonds is 4. The van der Waals surface area contributed by atoms with Crippen LogP contribution >= 0.6 is 11.6 Å². The summed E-state index contributed by atoms with van der Waals surface area (Å²) < 4.78 is 1.89. The molecule has 2 heterocycles. The number of carbonyl (C=O) groups is 1. The minimum atomic E-state index is -0.439. The van der Waals surface area contributed by atoms with Crippen molar-refractivity contribution >= 4 is 17.5 Å². The van der Waals surface area contributed by atoms with E-state index < -0.39 is 5.38 Å². The Morgan fingerprint density at radius 2 is 1.91 bits per heavy atom. The number of hydrogen-bond acceptors (Lipinski definition) is 3. The average Bonchev–Trinajstić information content (AvgIpc) is 3.04. The molecule has 0 saturated carbocycles. The average molecular weight is 333 g/mol. The highest BCUT2D eigenvalue weighted by molar-refractivity contribution is 6.30. The Kier molecular flexibility index (Phi) is 4.98. The third kappa shape index (κ3) is 3.92. The van der Waals surface area contributed by atoms with Gasteiger partial charge in [0.15, 0.2) is 0 Å². The van der Waals surface area contributed by atoms with E-state index in [0.717, 1.165) is 38.4 Å². The zero-order valence-electron chi connectivity index (χ0n) is 13.2. The Bertz CT molecular complexity index is 648. The van der Waals surface area contributed by atoms with Crippen molar-refractivity contribution in [3.05, 3.63) is 48.3 Å². The monoisotopic (exact) mass is 332 g/mol. The van der Waals surface area contributed by atoms with Crippen molar-refractivity contribution in [3.8, 4) is 5.69 Å². The standard InChI is InChI=1S/C17H21ClN4O/c1-14(18)17(23)21-9-7-20(8-10-21)12-15-11-19-22(13-15)16-5-3-2-4-6-16/h2-6,11,13-14H,7-10,12H2,1H3. The van der Waals surface area contributed by atoms with E-state index >= 15 is 0 Å². The van der Waals surface area contributed by atoms with Gasteiger partial charge in [0.05, 0.1) is 11.9 Å². The number of aromatic nitrogens is 2. The minimum Gasteiger partial charge on any atom is -0.339 e. The topological polar surface area (TPSA) is 41.4 Å². The number of hydrogen-bond donors (Lipinski definition) is 0. The number of benzene rings is 1. The molecular formula is C17H21ClN4O. The van der Waals surface area contributed by atoms with Crippen LogP contribution in [0.1, 0.15) is 12.5 Å². The summed E-state index contributed by atoms with van der Waals surface area (Å²) in [5, 5.41) is 3.99. The maximum absolute atomic E-state index is 11.9. The molecule has 5 nitrogen and oxygen atoms in total. The first-order chi connectivity index (χ1) is 11.1. The van der Waals surface area contributed by atoms with Crippen LogP contribution in [0.2, 0.25) is 0 Å². The fourth-order valence-electron chi connectivity index (χ4n) is 2.80. The molecule has 122 valence electrons. The number of piperazine rings is 1. The van der Waals surface area contributed by atoms with Crippen molar-refractivity contribution in [3.63, 3.8) is 0 Å². The van der Waals surface area contributed by atoms with Gasteiger partial charge in [-0.25, -0.2) is 4.68 Å². The van der Waals surface area contributed by atoms with Crippen LogP contribution in [0, 0.1) is 0 Å². The molecule has 0 N–H and O–H groups in total. The predicted molar refractivity (Wildman–Crippen MR) is 90.7 cm³/mol. The van der Waals surface area contributed by atoms with E-state index in [4.69, 9.17) is 11.6 Å². The van der Waals surface area contributed by atoms with Crippen molar-refractivity contribution < 1.29 is 4.79 Å². The van der Waals surface area contributed by atoms with Gasteiger partial charge in [0.25, 0.3) is 0 Å². The van der Waals surface area contributed by atoms with Gasteiger partial charge in [0.1, 0.15) is 5.38 Å². The second-order valence-electron chi connectivity index (χ2n) is 5.85. The molecule has 1 fully saturated rings. The molecule has 1 aliphatic rings. The lowest BCUT2D eigenvalue weighted by molar-refractivity contribution is -0.132. The first kappa shape index (κ1) is 16.0. The molecule has 1 unspecified atom stereocenters. The lowest BCUT2D eigenvalue weighted by atomic mass is 10.2. The van der Waals surface area contributed by atoms with Crippen LogP contribution in [-0.2, 0) is 11.3 Å². The lowest BCUT2D eigenvalue weighted by Crippen LogP contribution is -2.49. The fourth-order valence-corrected chi connectivity index (χ4v) is 2.94. The molecule has 0 spiro atoms. The highest BCUT2D eigenvalue weighted by atomic mass is 35.5. The summed E-state index contributed by atoms with van der Waals surface area (Å²) in [7, 11) is 0. The molecule has 1 atom stereocenters.